The van der Waals surface area contributed by atoms with E-state index in [1.165, 1.54) is 11.0 Å². The van der Waals surface area contributed by atoms with Gasteiger partial charge in [-0.25, -0.2) is 22.8 Å². The Kier molecular flexibility index (Phi) is 3.50. The number of nitrogens with one attached hydrogen (secondary N) is 1. The molecule has 0 aliphatic carbocycles. The molecule has 0 saturated heterocycles. The Morgan fingerprint density at radius 3 is 2.90 bits per heavy atom. The fourth-order valence-electron chi connectivity index (χ4n) is 2.56. The fraction of sp³-hybridized carbons (Fsp3) is 0.545. The average Bonchev–Trinajstić information content (AvgIpc) is 2.95. The molecule has 0 amide bonds. The van der Waals surface area contributed by atoms with Crippen molar-refractivity contribution < 1.29 is 8.42 Å². The van der Waals surface area contributed by atoms with Crippen molar-refractivity contribution in [1.82, 2.24) is 29.3 Å². The van der Waals surface area contributed by atoms with Crippen molar-refractivity contribution in [1.29, 1.82) is 0 Å². The van der Waals surface area contributed by atoms with Crippen molar-refractivity contribution in [3.05, 3.63) is 23.0 Å². The van der Waals surface area contributed by atoms with Crippen LogP contribution in [0.5, 0.6) is 0 Å². The normalized spacial score (nSPS) is 18.7. The zero-order valence-electron chi connectivity index (χ0n) is 11.6. The van der Waals surface area contributed by atoms with Crippen LogP contribution in [0.3, 0.4) is 0 Å². The monoisotopic (exact) mass is 330 g/mol. The number of hydrogen-bond donors (Lipinski definition) is 1. The number of aryl methyl sites for hydroxylation is 3. The van der Waals surface area contributed by atoms with Gasteiger partial charge in [-0.3, -0.25) is 4.68 Å². The third-order valence-electron chi connectivity index (χ3n) is 3.49. The molecule has 0 fully saturated rings. The van der Waals surface area contributed by atoms with Crippen LogP contribution in [0.4, 0.5) is 0 Å². The van der Waals surface area contributed by atoms with Crippen LogP contribution in [0.1, 0.15) is 30.4 Å². The summed E-state index contributed by atoms with van der Waals surface area (Å²) in [6, 6.07) is -0.401. The highest BCUT2D eigenvalue weighted by Gasteiger charge is 2.31. The quantitative estimate of drug-likeness (QED) is 0.897. The van der Waals surface area contributed by atoms with Gasteiger partial charge in [0.2, 0.25) is 10.0 Å². The van der Waals surface area contributed by atoms with E-state index in [4.69, 9.17) is 11.6 Å². The second-order valence-electron chi connectivity index (χ2n) is 4.99. The van der Waals surface area contributed by atoms with Crippen molar-refractivity contribution in [2.45, 2.75) is 37.2 Å². The second kappa shape index (κ2) is 5.08. The van der Waals surface area contributed by atoms with Crippen LogP contribution in [-0.4, -0.2) is 33.0 Å². The lowest BCUT2D eigenvalue weighted by Crippen LogP contribution is -2.33. The minimum absolute atomic E-state index is 0.0169. The molecular weight excluding hydrogens is 316 g/mol. The van der Waals surface area contributed by atoms with E-state index in [9.17, 15) is 8.42 Å². The summed E-state index contributed by atoms with van der Waals surface area (Å²) >= 11 is 6.04. The van der Waals surface area contributed by atoms with E-state index < -0.39 is 16.1 Å². The number of aromatic nitrogens is 5. The number of halogens is 1. The number of rotatable bonds is 3. The van der Waals surface area contributed by atoms with E-state index in [-0.39, 0.29) is 10.0 Å². The first kappa shape index (κ1) is 14.5. The summed E-state index contributed by atoms with van der Waals surface area (Å²) in [5, 5.41) is 8.21. The Hall–Kier alpha value is -1.45. The number of nitrogens with zero attached hydrogens (tertiary/aromatic N) is 5. The van der Waals surface area contributed by atoms with E-state index in [0.717, 1.165) is 13.0 Å². The highest BCUT2D eigenvalue weighted by molar-refractivity contribution is 7.89. The van der Waals surface area contributed by atoms with Crippen molar-refractivity contribution in [2.24, 2.45) is 7.05 Å². The van der Waals surface area contributed by atoms with Gasteiger partial charge in [-0.2, -0.15) is 10.2 Å². The summed E-state index contributed by atoms with van der Waals surface area (Å²) in [5.41, 5.74) is 0.368. The molecule has 0 saturated carbocycles. The van der Waals surface area contributed by atoms with Gasteiger partial charge in [0.1, 0.15) is 22.2 Å². The lowest BCUT2D eigenvalue weighted by Gasteiger charge is -2.22. The Morgan fingerprint density at radius 1 is 1.48 bits per heavy atom. The topological polar surface area (TPSA) is 94.7 Å². The van der Waals surface area contributed by atoms with Crippen molar-refractivity contribution >= 4 is 21.6 Å². The molecule has 0 aromatic carbocycles. The summed E-state index contributed by atoms with van der Waals surface area (Å²) in [7, 11) is -2.16. The zero-order valence-corrected chi connectivity index (χ0v) is 13.2. The molecule has 2 aromatic heterocycles. The lowest BCUT2D eigenvalue weighted by atomic mass is 10.1. The minimum Gasteiger partial charge on any atom is -0.255 e. The van der Waals surface area contributed by atoms with Gasteiger partial charge in [0.25, 0.3) is 0 Å². The predicted octanol–water partition coefficient (Wildman–Crippen LogP) is 0.787. The molecule has 3 rings (SSSR count). The number of fused-ring (bicyclic) bond motifs is 1. The molecule has 2 aromatic rings. The van der Waals surface area contributed by atoms with Gasteiger partial charge in [0.05, 0.1) is 11.7 Å². The standard InChI is InChI=1S/C11H15ClN6O2S/c1-7-9(10(12)17(2)15-7)21(19,20)16-8-4-3-5-18-11(8)13-6-14-18/h6,8,16H,3-5H2,1-2H3. The van der Waals surface area contributed by atoms with Crippen LogP contribution in [0.25, 0.3) is 0 Å². The molecule has 1 atom stereocenters. The van der Waals surface area contributed by atoms with E-state index in [0.29, 0.717) is 17.9 Å². The highest BCUT2D eigenvalue weighted by atomic mass is 35.5. The molecule has 1 aliphatic rings. The Bertz CT molecular complexity index is 781. The molecule has 1 aliphatic heterocycles. The van der Waals surface area contributed by atoms with Gasteiger partial charge < -0.3 is 0 Å². The number of sulfonamides is 1. The van der Waals surface area contributed by atoms with Gasteiger partial charge in [-0.15, -0.1) is 0 Å². The third kappa shape index (κ3) is 2.45. The van der Waals surface area contributed by atoms with E-state index in [2.05, 4.69) is 19.9 Å². The summed E-state index contributed by atoms with van der Waals surface area (Å²) < 4.78 is 30.9. The van der Waals surface area contributed by atoms with E-state index >= 15 is 0 Å². The first-order valence-electron chi connectivity index (χ1n) is 6.49. The van der Waals surface area contributed by atoms with Crippen LogP contribution < -0.4 is 4.72 Å². The highest BCUT2D eigenvalue weighted by Crippen LogP contribution is 2.28. The predicted molar refractivity (Wildman–Crippen MR) is 75.3 cm³/mol. The molecule has 114 valence electrons. The molecule has 1 unspecified atom stereocenters. The van der Waals surface area contributed by atoms with Gasteiger partial charge >= 0.3 is 0 Å². The summed E-state index contributed by atoms with van der Waals surface area (Å²) in [6.45, 7) is 2.37. The Labute approximate surface area is 127 Å². The molecule has 10 heteroatoms. The first-order chi connectivity index (χ1) is 9.90. The fourth-order valence-corrected chi connectivity index (χ4v) is 4.54. The van der Waals surface area contributed by atoms with Gasteiger partial charge in [0, 0.05) is 13.6 Å². The molecule has 21 heavy (non-hydrogen) atoms. The second-order valence-corrected chi connectivity index (χ2v) is 7.00. The maximum absolute atomic E-state index is 12.6. The molecule has 1 N–H and O–H groups in total. The molecule has 8 nitrogen and oxygen atoms in total. The average molecular weight is 331 g/mol. The van der Waals surface area contributed by atoms with Crippen molar-refractivity contribution in [2.75, 3.05) is 0 Å². The van der Waals surface area contributed by atoms with Gasteiger partial charge in [-0.05, 0) is 19.8 Å². The van der Waals surface area contributed by atoms with Gasteiger partial charge in [-0.1, -0.05) is 11.6 Å². The third-order valence-corrected chi connectivity index (χ3v) is 5.65. The Balaban J connectivity index is 1.95. The van der Waals surface area contributed by atoms with Crippen LogP contribution >= 0.6 is 11.6 Å². The largest absolute Gasteiger partial charge is 0.255 e. The molecule has 0 radical (unpaired) electrons. The number of hydrogen-bond acceptors (Lipinski definition) is 5. The zero-order chi connectivity index (χ0) is 15.2. The smallest absolute Gasteiger partial charge is 0.246 e. The first-order valence-corrected chi connectivity index (χ1v) is 8.35. The van der Waals surface area contributed by atoms with Crippen LogP contribution in [0.2, 0.25) is 5.15 Å². The maximum atomic E-state index is 12.6. The van der Waals surface area contributed by atoms with Crippen molar-refractivity contribution in [3.63, 3.8) is 0 Å². The van der Waals surface area contributed by atoms with Gasteiger partial charge in [0.15, 0.2) is 0 Å². The maximum Gasteiger partial charge on any atom is 0.246 e. The summed E-state index contributed by atoms with van der Waals surface area (Å²) in [5.74, 6) is 0.627. The Morgan fingerprint density at radius 2 is 2.24 bits per heavy atom. The van der Waals surface area contributed by atoms with Crippen LogP contribution in [0, 0.1) is 6.92 Å². The summed E-state index contributed by atoms with van der Waals surface area (Å²) in [4.78, 5) is 4.15. The molecule has 3 heterocycles. The van der Waals surface area contributed by atoms with Crippen LogP contribution in [0.15, 0.2) is 11.2 Å². The minimum atomic E-state index is -3.77. The lowest BCUT2D eigenvalue weighted by molar-refractivity contribution is 0.400. The molecule has 0 spiro atoms. The van der Waals surface area contributed by atoms with Crippen molar-refractivity contribution in [3.8, 4) is 0 Å². The van der Waals surface area contributed by atoms with E-state index in [1.807, 2.05) is 0 Å². The van der Waals surface area contributed by atoms with Crippen LogP contribution in [-0.2, 0) is 23.6 Å². The SMILES string of the molecule is Cc1nn(C)c(Cl)c1S(=O)(=O)NC1CCCn2ncnc21. The molecule has 0 bridgehead atoms. The van der Waals surface area contributed by atoms with E-state index in [1.54, 1.807) is 18.7 Å². The molecular formula is C11H15ClN6O2S. The summed E-state index contributed by atoms with van der Waals surface area (Å²) in [6.07, 6.45) is 2.95.